The van der Waals surface area contributed by atoms with Crippen LogP contribution in [0.3, 0.4) is 0 Å². The zero-order valence-electron chi connectivity index (χ0n) is 13.1. The monoisotopic (exact) mass is 365 g/mol. The highest BCUT2D eigenvalue weighted by atomic mass is 35.5. The predicted octanol–water partition coefficient (Wildman–Crippen LogP) is 4.32. The molecule has 126 valence electrons. The summed E-state index contributed by atoms with van der Waals surface area (Å²) >= 11 is 11.8. The van der Waals surface area contributed by atoms with Crippen molar-refractivity contribution in [2.45, 2.75) is 19.3 Å². The number of halogens is 2. The second-order valence-electron chi connectivity index (χ2n) is 5.60. The molecule has 0 bridgehead atoms. The average molecular weight is 366 g/mol. The number of ether oxygens (including phenoxy) is 2. The Hall–Kier alpha value is -1.75. The first-order chi connectivity index (χ1) is 11.5. The Morgan fingerprint density at radius 2 is 1.71 bits per heavy atom. The van der Waals surface area contributed by atoms with Crippen molar-refractivity contribution < 1.29 is 14.3 Å². The van der Waals surface area contributed by atoms with Gasteiger partial charge in [-0.05, 0) is 36.4 Å². The molecule has 4 nitrogen and oxygen atoms in total. The van der Waals surface area contributed by atoms with Crippen LogP contribution in [0.1, 0.15) is 18.7 Å². The van der Waals surface area contributed by atoms with Crippen LogP contribution in [-0.2, 0) is 9.53 Å². The first kappa shape index (κ1) is 17.1. The fourth-order valence-corrected chi connectivity index (χ4v) is 2.86. The largest absolute Gasteiger partial charge is 0.491 e. The van der Waals surface area contributed by atoms with Gasteiger partial charge in [-0.25, -0.2) is 0 Å². The number of carbonyl (C=O) groups is 1. The Bertz CT molecular complexity index is 703. The van der Waals surface area contributed by atoms with E-state index in [1.165, 1.54) is 6.92 Å². The van der Waals surface area contributed by atoms with E-state index < -0.39 is 6.23 Å². The second kappa shape index (κ2) is 7.43. The van der Waals surface area contributed by atoms with Crippen molar-refractivity contribution in [2.24, 2.45) is 0 Å². The molecule has 2 aromatic carbocycles. The summed E-state index contributed by atoms with van der Waals surface area (Å²) in [4.78, 5) is 13.6. The quantitative estimate of drug-likeness (QED) is 0.809. The summed E-state index contributed by atoms with van der Waals surface area (Å²) in [5.41, 5.74) is 0.892. The summed E-state index contributed by atoms with van der Waals surface area (Å²) in [6.45, 7) is 2.38. The van der Waals surface area contributed by atoms with Gasteiger partial charge in [-0.3, -0.25) is 4.79 Å². The molecule has 2 atom stereocenters. The van der Waals surface area contributed by atoms with Crippen LogP contribution in [0, 0.1) is 0 Å². The summed E-state index contributed by atoms with van der Waals surface area (Å²) in [5.74, 6) is 0.677. The van der Waals surface area contributed by atoms with Gasteiger partial charge in [0.05, 0.1) is 6.54 Å². The molecule has 0 spiro atoms. The lowest BCUT2D eigenvalue weighted by atomic mass is 10.2. The van der Waals surface area contributed by atoms with E-state index in [1.807, 2.05) is 12.1 Å². The van der Waals surface area contributed by atoms with Crippen molar-refractivity contribution in [1.29, 1.82) is 0 Å². The highest BCUT2D eigenvalue weighted by molar-refractivity contribution is 6.30. The Morgan fingerprint density at radius 1 is 1.12 bits per heavy atom. The third-order valence-electron chi connectivity index (χ3n) is 3.81. The number of hydrogen-bond donors (Lipinski definition) is 0. The molecular formula is C18H17Cl2NO3. The Morgan fingerprint density at radius 3 is 2.29 bits per heavy atom. The van der Waals surface area contributed by atoms with Crippen LogP contribution in [0.5, 0.6) is 5.75 Å². The van der Waals surface area contributed by atoms with Crippen LogP contribution in [0.25, 0.3) is 0 Å². The summed E-state index contributed by atoms with van der Waals surface area (Å²) in [6.07, 6.45) is -0.621. The lowest BCUT2D eigenvalue weighted by Crippen LogP contribution is -2.30. The number of carbonyl (C=O) groups excluding carboxylic acids is 1. The lowest BCUT2D eigenvalue weighted by molar-refractivity contribution is -0.134. The highest BCUT2D eigenvalue weighted by Crippen LogP contribution is 2.31. The molecule has 0 aliphatic carbocycles. The maximum atomic E-state index is 11.9. The van der Waals surface area contributed by atoms with Gasteiger partial charge in [0.1, 0.15) is 18.5 Å². The van der Waals surface area contributed by atoms with Gasteiger partial charge < -0.3 is 14.4 Å². The molecule has 3 rings (SSSR count). The SMILES string of the molecule is CC(=O)N1C[C@H](COc2ccc(Cl)cc2)O[C@@H]1c1ccc(Cl)cc1. The maximum absolute atomic E-state index is 11.9. The van der Waals surface area contributed by atoms with E-state index in [9.17, 15) is 4.79 Å². The van der Waals surface area contributed by atoms with Gasteiger partial charge in [-0.2, -0.15) is 0 Å². The molecule has 0 aromatic heterocycles. The van der Waals surface area contributed by atoms with E-state index in [-0.39, 0.29) is 12.0 Å². The Kier molecular flexibility index (Phi) is 5.29. The van der Waals surface area contributed by atoms with Gasteiger partial charge in [0.15, 0.2) is 6.23 Å². The molecule has 2 aromatic rings. The van der Waals surface area contributed by atoms with E-state index in [2.05, 4.69) is 0 Å². The molecule has 0 radical (unpaired) electrons. The summed E-state index contributed by atoms with van der Waals surface area (Å²) in [5, 5.41) is 1.30. The van der Waals surface area contributed by atoms with Crippen LogP contribution in [0.2, 0.25) is 10.0 Å². The molecule has 0 N–H and O–H groups in total. The van der Waals surface area contributed by atoms with Crippen molar-refractivity contribution >= 4 is 29.1 Å². The smallest absolute Gasteiger partial charge is 0.221 e. The molecular weight excluding hydrogens is 349 g/mol. The van der Waals surface area contributed by atoms with E-state index >= 15 is 0 Å². The van der Waals surface area contributed by atoms with Crippen molar-refractivity contribution in [2.75, 3.05) is 13.2 Å². The third-order valence-corrected chi connectivity index (χ3v) is 4.32. The molecule has 1 aliphatic rings. The van der Waals surface area contributed by atoms with Gasteiger partial charge in [0.2, 0.25) is 5.91 Å². The molecule has 24 heavy (non-hydrogen) atoms. The normalized spacial score (nSPS) is 20.2. The van der Waals surface area contributed by atoms with Gasteiger partial charge >= 0.3 is 0 Å². The van der Waals surface area contributed by atoms with Crippen LogP contribution in [0.4, 0.5) is 0 Å². The van der Waals surface area contributed by atoms with Crippen LogP contribution in [-0.4, -0.2) is 30.1 Å². The molecule has 1 saturated heterocycles. The average Bonchev–Trinajstić information content (AvgIpc) is 3.00. The van der Waals surface area contributed by atoms with E-state index in [0.29, 0.717) is 28.9 Å². The van der Waals surface area contributed by atoms with Gasteiger partial charge in [-0.15, -0.1) is 0 Å². The minimum Gasteiger partial charge on any atom is -0.491 e. The predicted molar refractivity (Wildman–Crippen MR) is 93.4 cm³/mol. The standard InChI is InChI=1S/C18H17Cl2NO3/c1-12(22)21-10-17(11-23-16-8-6-15(20)7-9-16)24-18(21)13-2-4-14(19)5-3-13/h2-9,17-18H,10-11H2,1H3/t17-,18-/m1/s1. The molecule has 0 unspecified atom stereocenters. The van der Waals surface area contributed by atoms with Crippen molar-refractivity contribution in [3.63, 3.8) is 0 Å². The van der Waals surface area contributed by atoms with Gasteiger partial charge in [0.25, 0.3) is 0 Å². The highest BCUT2D eigenvalue weighted by Gasteiger charge is 2.35. The number of benzene rings is 2. The molecule has 1 heterocycles. The Balaban J connectivity index is 1.67. The zero-order chi connectivity index (χ0) is 17.1. The van der Waals surface area contributed by atoms with Gasteiger partial charge in [-0.1, -0.05) is 35.3 Å². The van der Waals surface area contributed by atoms with E-state index in [4.69, 9.17) is 32.7 Å². The first-order valence-electron chi connectivity index (χ1n) is 7.59. The number of amides is 1. The molecule has 1 aliphatic heterocycles. The number of hydrogen-bond acceptors (Lipinski definition) is 3. The Labute approximate surface area is 150 Å². The van der Waals surface area contributed by atoms with Gasteiger partial charge in [0, 0.05) is 22.5 Å². The van der Waals surface area contributed by atoms with Crippen molar-refractivity contribution in [3.05, 3.63) is 64.1 Å². The third kappa shape index (κ3) is 4.01. The minimum absolute atomic E-state index is 0.0380. The topological polar surface area (TPSA) is 38.8 Å². The molecule has 6 heteroatoms. The zero-order valence-corrected chi connectivity index (χ0v) is 14.6. The molecule has 0 saturated carbocycles. The maximum Gasteiger partial charge on any atom is 0.221 e. The number of nitrogens with zero attached hydrogens (tertiary/aromatic N) is 1. The second-order valence-corrected chi connectivity index (χ2v) is 6.47. The lowest BCUT2D eigenvalue weighted by Gasteiger charge is -2.21. The van der Waals surface area contributed by atoms with Crippen LogP contribution in [0.15, 0.2) is 48.5 Å². The first-order valence-corrected chi connectivity index (χ1v) is 8.35. The molecule has 1 fully saturated rings. The van der Waals surface area contributed by atoms with Crippen molar-refractivity contribution in [1.82, 2.24) is 4.90 Å². The minimum atomic E-state index is -0.418. The van der Waals surface area contributed by atoms with Crippen molar-refractivity contribution in [3.8, 4) is 5.75 Å². The van der Waals surface area contributed by atoms with Crippen LogP contribution >= 0.6 is 23.2 Å². The van der Waals surface area contributed by atoms with E-state index in [1.54, 1.807) is 41.3 Å². The summed E-state index contributed by atoms with van der Waals surface area (Å²) in [7, 11) is 0. The summed E-state index contributed by atoms with van der Waals surface area (Å²) < 4.78 is 11.8. The fourth-order valence-electron chi connectivity index (χ4n) is 2.61. The summed E-state index contributed by atoms with van der Waals surface area (Å²) in [6, 6.07) is 14.5. The van der Waals surface area contributed by atoms with Crippen LogP contribution < -0.4 is 4.74 Å². The fraction of sp³-hybridized carbons (Fsp3) is 0.278. The molecule has 1 amide bonds. The number of rotatable bonds is 4. The van der Waals surface area contributed by atoms with E-state index in [0.717, 1.165) is 5.56 Å².